The zero-order valence-electron chi connectivity index (χ0n) is 19.5. The third-order valence-corrected chi connectivity index (χ3v) is 4.62. The molecule has 0 radical (unpaired) electrons. The molecule has 0 aliphatic rings. The van der Waals surface area contributed by atoms with Crippen LogP contribution in [0, 0.1) is 5.92 Å². The van der Waals surface area contributed by atoms with Gasteiger partial charge < -0.3 is 33.7 Å². The fraction of sp³-hybridized carbons (Fsp3) is 0.545. The molecule has 0 amide bonds. The Morgan fingerprint density at radius 1 is 0.939 bits per heavy atom. The molecule has 11 heteroatoms. The highest BCUT2D eigenvalue weighted by molar-refractivity contribution is 5.76. The lowest BCUT2D eigenvalue weighted by molar-refractivity contribution is -0.144. The van der Waals surface area contributed by atoms with Crippen molar-refractivity contribution in [2.24, 2.45) is 5.92 Å². The standard InChI is InChI=1S/C22H31NO10/c1-6-14(2)11-19(24)31-10-9-23-16(20(25)28-3)12-15-7-8-17(32-21(26)29-4)18(13-15)33-22(27)30-5/h7-8,13-14,16,23H,6,9-12H2,1-5H3/t14?,16-/m0/s1. The van der Waals surface area contributed by atoms with Crippen molar-refractivity contribution in [1.29, 1.82) is 0 Å². The van der Waals surface area contributed by atoms with Crippen molar-refractivity contribution in [1.82, 2.24) is 5.32 Å². The summed E-state index contributed by atoms with van der Waals surface area (Å²) in [6.45, 7) is 4.27. The zero-order chi connectivity index (χ0) is 24.8. The van der Waals surface area contributed by atoms with Crippen LogP contribution in [0.15, 0.2) is 18.2 Å². The van der Waals surface area contributed by atoms with E-state index in [1.165, 1.54) is 19.2 Å². The Morgan fingerprint density at radius 2 is 1.58 bits per heavy atom. The lowest BCUT2D eigenvalue weighted by atomic mass is 10.1. The van der Waals surface area contributed by atoms with Crippen molar-refractivity contribution in [3.63, 3.8) is 0 Å². The summed E-state index contributed by atoms with van der Waals surface area (Å²) in [6, 6.07) is 3.60. The molecular formula is C22H31NO10. The molecule has 1 unspecified atom stereocenters. The topological polar surface area (TPSA) is 136 Å². The minimum Gasteiger partial charge on any atom is -0.468 e. The molecule has 33 heavy (non-hydrogen) atoms. The van der Waals surface area contributed by atoms with Gasteiger partial charge in [0.05, 0.1) is 21.3 Å². The lowest BCUT2D eigenvalue weighted by Gasteiger charge is -2.18. The van der Waals surface area contributed by atoms with Gasteiger partial charge in [-0.2, -0.15) is 0 Å². The molecule has 2 atom stereocenters. The summed E-state index contributed by atoms with van der Waals surface area (Å²) >= 11 is 0. The summed E-state index contributed by atoms with van der Waals surface area (Å²) in [5.41, 5.74) is 0.558. The number of hydrogen-bond acceptors (Lipinski definition) is 11. The maximum Gasteiger partial charge on any atom is 0.513 e. The van der Waals surface area contributed by atoms with Crippen molar-refractivity contribution in [2.75, 3.05) is 34.5 Å². The van der Waals surface area contributed by atoms with Crippen molar-refractivity contribution in [3.05, 3.63) is 23.8 Å². The van der Waals surface area contributed by atoms with E-state index in [9.17, 15) is 19.2 Å². The van der Waals surface area contributed by atoms with E-state index in [1.54, 1.807) is 6.07 Å². The first-order valence-electron chi connectivity index (χ1n) is 10.3. The molecule has 0 fully saturated rings. The van der Waals surface area contributed by atoms with E-state index in [0.717, 1.165) is 20.6 Å². The van der Waals surface area contributed by atoms with Gasteiger partial charge in [0.15, 0.2) is 11.5 Å². The molecule has 11 nitrogen and oxygen atoms in total. The van der Waals surface area contributed by atoms with Gasteiger partial charge in [-0.15, -0.1) is 0 Å². The average Bonchev–Trinajstić information content (AvgIpc) is 2.81. The first-order chi connectivity index (χ1) is 15.7. The Kier molecular flexibility index (Phi) is 12.3. The molecule has 1 aromatic carbocycles. The molecule has 0 heterocycles. The van der Waals surface area contributed by atoms with Crippen LogP contribution in [0.4, 0.5) is 9.59 Å². The third-order valence-electron chi connectivity index (χ3n) is 4.62. The van der Waals surface area contributed by atoms with E-state index >= 15 is 0 Å². The molecule has 1 aromatic rings. The van der Waals surface area contributed by atoms with Crippen LogP contribution in [0.25, 0.3) is 0 Å². The van der Waals surface area contributed by atoms with Gasteiger partial charge in [-0.25, -0.2) is 9.59 Å². The van der Waals surface area contributed by atoms with Gasteiger partial charge in [-0.1, -0.05) is 26.3 Å². The summed E-state index contributed by atoms with van der Waals surface area (Å²) in [5.74, 6) is -0.780. The predicted octanol–water partition coefficient (Wildman–Crippen LogP) is 2.63. The molecule has 0 saturated heterocycles. The van der Waals surface area contributed by atoms with Gasteiger partial charge in [0, 0.05) is 13.0 Å². The van der Waals surface area contributed by atoms with Gasteiger partial charge in [0.25, 0.3) is 0 Å². The zero-order valence-corrected chi connectivity index (χ0v) is 19.5. The van der Waals surface area contributed by atoms with Crippen LogP contribution in [0.1, 0.15) is 32.3 Å². The van der Waals surface area contributed by atoms with Crippen molar-refractivity contribution >= 4 is 24.2 Å². The maximum absolute atomic E-state index is 12.2. The molecule has 0 saturated carbocycles. The number of rotatable bonds is 12. The number of benzene rings is 1. The van der Waals surface area contributed by atoms with Gasteiger partial charge in [-0.3, -0.25) is 9.59 Å². The van der Waals surface area contributed by atoms with Crippen molar-refractivity contribution in [3.8, 4) is 11.5 Å². The molecule has 0 aromatic heterocycles. The van der Waals surface area contributed by atoms with E-state index in [4.69, 9.17) is 18.9 Å². The summed E-state index contributed by atoms with van der Waals surface area (Å²) in [7, 11) is 3.51. The SMILES string of the molecule is CCC(C)CC(=O)OCCN[C@@H](Cc1ccc(OC(=O)OC)c(OC(=O)OC)c1)C(=O)OC. The quantitative estimate of drug-likeness (QED) is 0.209. The Hall–Kier alpha value is -3.34. The predicted molar refractivity (Wildman–Crippen MR) is 115 cm³/mol. The Bertz CT molecular complexity index is 810. The second kappa shape index (κ2) is 14.7. The number of methoxy groups -OCH3 is 3. The molecule has 0 spiro atoms. The summed E-state index contributed by atoms with van der Waals surface area (Å²) in [6.07, 6.45) is -0.676. The fourth-order valence-electron chi connectivity index (χ4n) is 2.61. The molecular weight excluding hydrogens is 438 g/mol. The van der Waals surface area contributed by atoms with E-state index < -0.39 is 24.3 Å². The van der Waals surface area contributed by atoms with E-state index in [0.29, 0.717) is 12.0 Å². The number of nitrogens with one attached hydrogen (secondary N) is 1. The summed E-state index contributed by atoms with van der Waals surface area (Å²) in [5, 5.41) is 2.98. The minimum atomic E-state index is -1.02. The first kappa shape index (κ1) is 27.7. The molecule has 0 bridgehead atoms. The Morgan fingerprint density at radius 3 is 2.15 bits per heavy atom. The monoisotopic (exact) mass is 469 g/mol. The minimum absolute atomic E-state index is 0.0770. The Balaban J connectivity index is 2.85. The highest BCUT2D eigenvalue weighted by atomic mass is 16.7. The normalized spacial score (nSPS) is 12.2. The van der Waals surface area contributed by atoms with Crippen LogP contribution in [0.2, 0.25) is 0 Å². The number of carbonyl (C=O) groups is 4. The van der Waals surface area contributed by atoms with Crippen molar-refractivity contribution in [2.45, 2.75) is 39.2 Å². The first-order valence-corrected chi connectivity index (χ1v) is 10.3. The van der Waals surface area contributed by atoms with Gasteiger partial charge >= 0.3 is 24.2 Å². The van der Waals surface area contributed by atoms with Crippen LogP contribution in [-0.4, -0.2) is 64.8 Å². The molecule has 1 N–H and O–H groups in total. The van der Waals surface area contributed by atoms with Gasteiger partial charge in [0.1, 0.15) is 12.6 Å². The maximum atomic E-state index is 12.2. The second-order valence-corrected chi connectivity index (χ2v) is 7.07. The number of ether oxygens (including phenoxy) is 6. The highest BCUT2D eigenvalue weighted by Gasteiger charge is 2.22. The molecule has 0 aliphatic carbocycles. The smallest absolute Gasteiger partial charge is 0.468 e. The van der Waals surface area contributed by atoms with E-state index in [1.807, 2.05) is 13.8 Å². The number of carbonyl (C=O) groups excluding carboxylic acids is 4. The van der Waals surface area contributed by atoms with Crippen LogP contribution in [0.3, 0.4) is 0 Å². The lowest BCUT2D eigenvalue weighted by Crippen LogP contribution is -2.41. The highest BCUT2D eigenvalue weighted by Crippen LogP contribution is 2.30. The van der Waals surface area contributed by atoms with Crippen LogP contribution in [-0.2, 0) is 35.0 Å². The van der Waals surface area contributed by atoms with Crippen molar-refractivity contribution < 1.29 is 47.6 Å². The second-order valence-electron chi connectivity index (χ2n) is 7.07. The molecule has 184 valence electrons. The Labute approximate surface area is 192 Å². The fourth-order valence-corrected chi connectivity index (χ4v) is 2.61. The van der Waals surface area contributed by atoms with Crippen LogP contribution in [0.5, 0.6) is 11.5 Å². The van der Waals surface area contributed by atoms with E-state index in [-0.39, 0.29) is 43.0 Å². The van der Waals surface area contributed by atoms with Gasteiger partial charge in [0.2, 0.25) is 0 Å². The largest absolute Gasteiger partial charge is 0.513 e. The molecule has 1 rings (SSSR count). The van der Waals surface area contributed by atoms with Crippen LogP contribution < -0.4 is 14.8 Å². The average molecular weight is 469 g/mol. The number of esters is 2. The number of hydrogen-bond donors (Lipinski definition) is 1. The summed E-state index contributed by atoms with van der Waals surface area (Å²) < 4.78 is 28.9. The van der Waals surface area contributed by atoms with Gasteiger partial charge in [-0.05, 0) is 30.0 Å². The third kappa shape index (κ3) is 10.2. The van der Waals surface area contributed by atoms with E-state index in [2.05, 4.69) is 14.8 Å². The summed E-state index contributed by atoms with van der Waals surface area (Å²) in [4.78, 5) is 47.0. The molecule has 0 aliphatic heterocycles. The van der Waals surface area contributed by atoms with Crippen LogP contribution >= 0.6 is 0 Å².